The highest BCUT2D eigenvalue weighted by molar-refractivity contribution is 7.98. The van der Waals surface area contributed by atoms with Crippen molar-refractivity contribution in [3.63, 3.8) is 0 Å². The zero-order valence-corrected chi connectivity index (χ0v) is 10.8. The first kappa shape index (κ1) is 12.6. The van der Waals surface area contributed by atoms with Crippen molar-refractivity contribution in [1.29, 1.82) is 0 Å². The lowest BCUT2D eigenvalue weighted by Gasteiger charge is -2.04. The molecule has 0 saturated carbocycles. The zero-order valence-electron chi connectivity index (χ0n) is 10.0. The van der Waals surface area contributed by atoms with E-state index in [2.05, 4.69) is 20.3 Å². The molecule has 0 aromatic carbocycles. The van der Waals surface area contributed by atoms with Crippen LogP contribution in [-0.4, -0.2) is 21.5 Å². The van der Waals surface area contributed by atoms with Crippen molar-refractivity contribution >= 4 is 17.6 Å². The highest BCUT2D eigenvalue weighted by atomic mass is 32.2. The lowest BCUT2D eigenvalue weighted by molar-refractivity contribution is 0.936. The van der Waals surface area contributed by atoms with E-state index in [1.165, 1.54) is 24.0 Å². The van der Waals surface area contributed by atoms with E-state index >= 15 is 0 Å². The van der Waals surface area contributed by atoms with Gasteiger partial charge < -0.3 is 10.3 Å². The Balaban J connectivity index is 2.01. The maximum atomic E-state index is 11.1. The van der Waals surface area contributed by atoms with E-state index in [0.717, 1.165) is 23.7 Å². The molecule has 0 atom stereocenters. The van der Waals surface area contributed by atoms with Crippen LogP contribution in [0, 0.1) is 0 Å². The maximum Gasteiger partial charge on any atom is 0.251 e. The summed E-state index contributed by atoms with van der Waals surface area (Å²) in [5.41, 5.74) is 1.01. The Bertz CT molecular complexity index is 570. The summed E-state index contributed by atoms with van der Waals surface area (Å²) in [5.74, 6) is 1.61. The number of rotatable bonds is 5. The van der Waals surface area contributed by atoms with E-state index in [1.807, 2.05) is 19.1 Å². The van der Waals surface area contributed by atoms with Crippen LogP contribution in [0.5, 0.6) is 0 Å². The van der Waals surface area contributed by atoms with Gasteiger partial charge in [0.25, 0.3) is 5.56 Å². The van der Waals surface area contributed by atoms with Crippen LogP contribution in [0.25, 0.3) is 0 Å². The highest BCUT2D eigenvalue weighted by Crippen LogP contribution is 2.18. The lowest BCUT2D eigenvalue weighted by atomic mass is 10.3. The Morgan fingerprint density at radius 1 is 1.33 bits per heavy atom. The van der Waals surface area contributed by atoms with Crippen LogP contribution in [0.1, 0.15) is 12.5 Å². The number of aromatic nitrogens is 3. The van der Waals surface area contributed by atoms with E-state index in [9.17, 15) is 4.79 Å². The number of anilines is 1. The van der Waals surface area contributed by atoms with Crippen LogP contribution in [0.2, 0.25) is 0 Å². The summed E-state index contributed by atoms with van der Waals surface area (Å²) in [6.45, 7) is 2.87. The fourth-order valence-electron chi connectivity index (χ4n) is 1.42. The largest absolute Gasteiger partial charge is 0.370 e. The second-order valence-electron chi connectivity index (χ2n) is 3.61. The highest BCUT2D eigenvalue weighted by Gasteiger charge is 2.00. The second-order valence-corrected chi connectivity index (χ2v) is 4.57. The Kier molecular flexibility index (Phi) is 4.35. The van der Waals surface area contributed by atoms with Gasteiger partial charge in [0.05, 0.1) is 0 Å². The molecular weight excluding hydrogens is 248 g/mol. The van der Waals surface area contributed by atoms with Crippen molar-refractivity contribution in [2.45, 2.75) is 17.8 Å². The molecule has 0 aliphatic heterocycles. The first-order valence-corrected chi connectivity index (χ1v) is 6.63. The molecule has 2 rings (SSSR count). The van der Waals surface area contributed by atoms with Gasteiger partial charge in [0.15, 0.2) is 5.16 Å². The molecule has 0 aliphatic rings. The van der Waals surface area contributed by atoms with Crippen LogP contribution in [0.4, 0.5) is 5.82 Å². The molecule has 2 aromatic heterocycles. The fraction of sp³-hybridized carbons (Fsp3) is 0.250. The molecule has 0 spiro atoms. The van der Waals surface area contributed by atoms with Gasteiger partial charge in [0.2, 0.25) is 0 Å². The van der Waals surface area contributed by atoms with Crippen LogP contribution in [-0.2, 0) is 5.75 Å². The van der Waals surface area contributed by atoms with Gasteiger partial charge in [-0.2, -0.15) is 0 Å². The van der Waals surface area contributed by atoms with Crippen LogP contribution >= 0.6 is 11.8 Å². The summed E-state index contributed by atoms with van der Waals surface area (Å²) in [5, 5.41) is 3.79. The summed E-state index contributed by atoms with van der Waals surface area (Å²) in [4.78, 5) is 22.1. The van der Waals surface area contributed by atoms with E-state index in [0.29, 0.717) is 5.16 Å². The number of H-pyrrole nitrogens is 1. The Morgan fingerprint density at radius 3 is 2.94 bits per heavy atom. The molecule has 0 aliphatic carbocycles. The van der Waals surface area contributed by atoms with Crippen molar-refractivity contribution in [3.8, 4) is 0 Å². The van der Waals surface area contributed by atoms with Gasteiger partial charge in [-0.3, -0.25) is 4.79 Å². The molecule has 6 heteroatoms. The van der Waals surface area contributed by atoms with Crippen LogP contribution < -0.4 is 10.9 Å². The molecule has 2 aromatic rings. The van der Waals surface area contributed by atoms with Crippen molar-refractivity contribution in [3.05, 3.63) is 46.5 Å². The SMILES string of the molecule is CCNc1cc(CSc2nccc(=O)[nH]2)ccn1. The van der Waals surface area contributed by atoms with Crippen LogP contribution in [0.15, 0.2) is 40.5 Å². The molecule has 0 bridgehead atoms. The molecule has 2 heterocycles. The van der Waals surface area contributed by atoms with Gasteiger partial charge in [-0.25, -0.2) is 9.97 Å². The van der Waals surface area contributed by atoms with Gasteiger partial charge in [-0.15, -0.1) is 0 Å². The van der Waals surface area contributed by atoms with Crippen LogP contribution in [0.3, 0.4) is 0 Å². The first-order valence-electron chi connectivity index (χ1n) is 5.65. The normalized spacial score (nSPS) is 10.3. The van der Waals surface area contributed by atoms with E-state index in [1.54, 1.807) is 6.20 Å². The minimum absolute atomic E-state index is 0.129. The van der Waals surface area contributed by atoms with Crippen molar-refractivity contribution < 1.29 is 0 Å². The maximum absolute atomic E-state index is 11.1. The standard InChI is InChI=1S/C12H14N4OS/c1-2-13-10-7-9(3-5-14-10)8-18-12-15-6-4-11(17)16-12/h3-7H,2,8H2,1H3,(H,13,14)(H,15,16,17). The summed E-state index contributed by atoms with van der Waals surface area (Å²) in [6.07, 6.45) is 3.28. The summed E-state index contributed by atoms with van der Waals surface area (Å²) >= 11 is 1.49. The Labute approximate surface area is 109 Å². The van der Waals surface area contributed by atoms with Crippen molar-refractivity contribution in [2.75, 3.05) is 11.9 Å². The van der Waals surface area contributed by atoms with E-state index < -0.39 is 0 Å². The van der Waals surface area contributed by atoms with Crippen molar-refractivity contribution in [1.82, 2.24) is 15.0 Å². The fourth-order valence-corrected chi connectivity index (χ4v) is 2.21. The Morgan fingerprint density at radius 2 is 2.17 bits per heavy atom. The molecule has 0 amide bonds. The van der Waals surface area contributed by atoms with Gasteiger partial charge >= 0.3 is 0 Å². The summed E-state index contributed by atoms with van der Waals surface area (Å²) in [7, 11) is 0. The Hall–Kier alpha value is -1.82. The molecular formula is C12H14N4OS. The minimum Gasteiger partial charge on any atom is -0.370 e. The predicted molar refractivity (Wildman–Crippen MR) is 72.8 cm³/mol. The average molecular weight is 262 g/mol. The summed E-state index contributed by atoms with van der Waals surface area (Å²) in [6, 6.07) is 5.35. The van der Waals surface area contributed by atoms with Gasteiger partial charge in [-0.1, -0.05) is 11.8 Å². The predicted octanol–water partition coefficient (Wildman–Crippen LogP) is 1.89. The zero-order chi connectivity index (χ0) is 12.8. The van der Waals surface area contributed by atoms with Gasteiger partial charge in [-0.05, 0) is 24.6 Å². The minimum atomic E-state index is -0.129. The first-order chi connectivity index (χ1) is 8.78. The molecule has 18 heavy (non-hydrogen) atoms. The smallest absolute Gasteiger partial charge is 0.251 e. The number of hydrogen-bond donors (Lipinski definition) is 2. The molecule has 0 saturated heterocycles. The third kappa shape index (κ3) is 3.59. The lowest BCUT2D eigenvalue weighted by Crippen LogP contribution is -2.05. The van der Waals surface area contributed by atoms with Crippen molar-refractivity contribution in [2.24, 2.45) is 0 Å². The molecule has 5 nitrogen and oxygen atoms in total. The quantitative estimate of drug-likeness (QED) is 0.636. The molecule has 2 N–H and O–H groups in total. The number of nitrogens with zero attached hydrogens (tertiary/aromatic N) is 2. The molecule has 0 fully saturated rings. The number of hydrogen-bond acceptors (Lipinski definition) is 5. The molecule has 94 valence electrons. The molecule has 0 radical (unpaired) electrons. The summed E-state index contributed by atoms with van der Waals surface area (Å²) < 4.78 is 0. The number of thioether (sulfide) groups is 1. The second kappa shape index (κ2) is 6.20. The van der Waals surface area contributed by atoms with E-state index in [-0.39, 0.29) is 5.56 Å². The van der Waals surface area contributed by atoms with Gasteiger partial charge in [0, 0.05) is 30.8 Å². The molecule has 0 unspecified atom stereocenters. The van der Waals surface area contributed by atoms with Gasteiger partial charge in [0.1, 0.15) is 5.82 Å². The third-order valence-corrected chi connectivity index (χ3v) is 3.16. The monoisotopic (exact) mass is 262 g/mol. The number of nitrogens with one attached hydrogen (secondary N) is 2. The average Bonchev–Trinajstić information content (AvgIpc) is 2.37. The number of aromatic amines is 1. The van der Waals surface area contributed by atoms with E-state index in [4.69, 9.17) is 0 Å². The third-order valence-electron chi connectivity index (χ3n) is 2.21. The topological polar surface area (TPSA) is 70.7 Å². The number of pyridine rings is 1.